The number of likely N-dealkylation sites (tertiary alicyclic amines) is 2. The van der Waals surface area contributed by atoms with Crippen molar-refractivity contribution in [3.05, 3.63) is 82.5 Å². The standard InChI is InChI=1S/C36H37ClF2N8O3/c1-20-24(25-6-3-7-26(31(25)37)29-15-40-30(36(44-29)50-2)19-47-12-10-23(49)18-47)5-4-8-27(20)42-34-32-28(43-35(45-34)33(38)39)13-21(14-41-32)16-46-11-9-22(48)17-46/h3-8,13-15,22-23,33,48-49H,9-12,16-19H2,1-2H3,(H,42,43,45)/t22-,23-/m0/s1. The van der Waals surface area contributed by atoms with Gasteiger partial charge in [-0.05, 0) is 48.6 Å². The maximum absolute atomic E-state index is 14.0. The van der Waals surface area contributed by atoms with E-state index in [9.17, 15) is 19.0 Å². The quantitative estimate of drug-likeness (QED) is 0.160. The lowest BCUT2D eigenvalue weighted by Crippen LogP contribution is -2.22. The lowest BCUT2D eigenvalue weighted by atomic mass is 9.96. The number of aliphatic hydroxyl groups excluding tert-OH is 2. The van der Waals surface area contributed by atoms with Gasteiger partial charge in [0.25, 0.3) is 6.43 Å². The van der Waals surface area contributed by atoms with Gasteiger partial charge in [-0.1, -0.05) is 41.9 Å². The van der Waals surface area contributed by atoms with E-state index in [0.717, 1.165) is 41.8 Å². The fourth-order valence-corrected chi connectivity index (χ4v) is 6.98. The number of benzene rings is 2. The molecule has 3 aromatic heterocycles. The number of anilines is 2. The summed E-state index contributed by atoms with van der Waals surface area (Å²) in [5, 5.41) is 23.5. The minimum Gasteiger partial charge on any atom is -0.480 e. The van der Waals surface area contributed by atoms with Crippen LogP contribution in [0.4, 0.5) is 20.3 Å². The van der Waals surface area contributed by atoms with Crippen molar-refractivity contribution in [1.82, 2.24) is 34.7 Å². The normalized spacial score (nSPS) is 18.4. The number of rotatable bonds is 10. The summed E-state index contributed by atoms with van der Waals surface area (Å²) in [5.74, 6) is -0.0383. The van der Waals surface area contributed by atoms with Crippen LogP contribution >= 0.6 is 11.6 Å². The van der Waals surface area contributed by atoms with Gasteiger partial charge in [0, 0.05) is 62.3 Å². The first-order chi connectivity index (χ1) is 24.2. The average molecular weight is 703 g/mol. The lowest BCUT2D eigenvalue weighted by Gasteiger charge is -2.18. The smallest absolute Gasteiger partial charge is 0.297 e. The third-order valence-electron chi connectivity index (χ3n) is 9.24. The molecule has 14 heteroatoms. The van der Waals surface area contributed by atoms with Gasteiger partial charge in [0.15, 0.2) is 11.6 Å². The second kappa shape index (κ2) is 14.4. The van der Waals surface area contributed by atoms with Gasteiger partial charge < -0.3 is 20.3 Å². The summed E-state index contributed by atoms with van der Waals surface area (Å²) in [5.41, 5.74) is 6.39. The maximum Gasteiger partial charge on any atom is 0.297 e. The first-order valence-corrected chi connectivity index (χ1v) is 16.9. The number of pyridine rings is 1. The van der Waals surface area contributed by atoms with Crippen molar-refractivity contribution in [2.45, 2.75) is 51.5 Å². The van der Waals surface area contributed by atoms with Crippen LogP contribution in [0.5, 0.6) is 5.88 Å². The molecular weight excluding hydrogens is 666 g/mol. The Kier molecular flexibility index (Phi) is 9.84. The molecule has 2 fully saturated rings. The number of fused-ring (bicyclic) bond motifs is 1. The van der Waals surface area contributed by atoms with Crippen LogP contribution in [-0.2, 0) is 13.1 Å². The Morgan fingerprint density at radius 3 is 2.32 bits per heavy atom. The summed E-state index contributed by atoms with van der Waals surface area (Å²) >= 11 is 7.07. The minimum atomic E-state index is -2.88. The number of halogens is 3. The molecule has 11 nitrogen and oxygen atoms in total. The number of ether oxygens (including phenoxy) is 1. The largest absolute Gasteiger partial charge is 0.480 e. The molecule has 0 bridgehead atoms. The van der Waals surface area contributed by atoms with Crippen LogP contribution in [0, 0.1) is 6.92 Å². The van der Waals surface area contributed by atoms with E-state index in [1.54, 1.807) is 25.6 Å². The van der Waals surface area contributed by atoms with E-state index >= 15 is 0 Å². The molecule has 260 valence electrons. The molecule has 2 saturated heterocycles. The summed E-state index contributed by atoms with van der Waals surface area (Å²) < 4.78 is 33.6. The number of β-amino-alcohol motifs (C(OH)–C–C–N with tert-alkyl or cyclic N) is 2. The van der Waals surface area contributed by atoms with Crippen LogP contribution < -0.4 is 10.1 Å². The zero-order valence-corrected chi connectivity index (χ0v) is 28.4. The first kappa shape index (κ1) is 34.1. The van der Waals surface area contributed by atoms with Crippen LogP contribution in [0.3, 0.4) is 0 Å². The Morgan fingerprint density at radius 2 is 1.62 bits per heavy atom. The Bertz CT molecular complexity index is 2040. The highest BCUT2D eigenvalue weighted by Crippen LogP contribution is 2.40. The highest BCUT2D eigenvalue weighted by molar-refractivity contribution is 6.36. The monoisotopic (exact) mass is 702 g/mol. The maximum atomic E-state index is 14.0. The number of nitrogens with zero attached hydrogens (tertiary/aromatic N) is 7. The third kappa shape index (κ3) is 7.10. The number of aliphatic hydroxyl groups is 2. The molecule has 2 aliphatic heterocycles. The van der Waals surface area contributed by atoms with E-state index in [4.69, 9.17) is 21.3 Å². The van der Waals surface area contributed by atoms with Gasteiger partial charge in [0.1, 0.15) is 11.2 Å². The summed E-state index contributed by atoms with van der Waals surface area (Å²) in [6.45, 7) is 5.63. The van der Waals surface area contributed by atoms with Gasteiger partial charge in [-0.25, -0.2) is 23.7 Å². The van der Waals surface area contributed by atoms with Crippen molar-refractivity contribution in [3.8, 4) is 28.3 Å². The zero-order valence-electron chi connectivity index (χ0n) is 27.7. The molecule has 0 unspecified atom stereocenters. The molecule has 3 N–H and O–H groups in total. The van der Waals surface area contributed by atoms with Gasteiger partial charge >= 0.3 is 0 Å². The van der Waals surface area contributed by atoms with E-state index in [1.165, 1.54) is 0 Å². The number of alkyl halides is 2. The highest BCUT2D eigenvalue weighted by atomic mass is 35.5. The second-order valence-electron chi connectivity index (χ2n) is 12.8. The third-order valence-corrected chi connectivity index (χ3v) is 9.64. The predicted octanol–water partition coefficient (Wildman–Crippen LogP) is 5.93. The number of aromatic nitrogens is 5. The van der Waals surface area contributed by atoms with Gasteiger partial charge in [0.05, 0.1) is 41.7 Å². The van der Waals surface area contributed by atoms with Gasteiger partial charge in [0.2, 0.25) is 5.88 Å². The van der Waals surface area contributed by atoms with E-state index in [1.807, 2.05) is 43.3 Å². The fourth-order valence-electron chi connectivity index (χ4n) is 6.66. The minimum absolute atomic E-state index is 0.166. The molecule has 2 aromatic carbocycles. The Hall–Kier alpha value is -4.40. The zero-order chi connectivity index (χ0) is 34.9. The van der Waals surface area contributed by atoms with Crippen LogP contribution in [0.15, 0.2) is 54.9 Å². The molecule has 5 heterocycles. The summed E-state index contributed by atoms with van der Waals surface area (Å²) in [4.78, 5) is 26.5. The summed E-state index contributed by atoms with van der Waals surface area (Å²) in [7, 11) is 1.55. The van der Waals surface area contributed by atoms with Crippen LogP contribution in [0.2, 0.25) is 5.02 Å². The second-order valence-corrected chi connectivity index (χ2v) is 13.2. The van der Waals surface area contributed by atoms with Crippen LogP contribution in [-0.4, -0.2) is 90.4 Å². The van der Waals surface area contributed by atoms with E-state index < -0.39 is 12.2 Å². The predicted molar refractivity (Wildman–Crippen MR) is 187 cm³/mol. The molecule has 2 atom stereocenters. The fraction of sp³-hybridized carbons (Fsp3) is 0.361. The van der Waals surface area contributed by atoms with Crippen molar-refractivity contribution >= 4 is 34.1 Å². The molecule has 0 saturated carbocycles. The molecule has 0 aliphatic carbocycles. The van der Waals surface area contributed by atoms with E-state index in [2.05, 4.69) is 35.1 Å². The van der Waals surface area contributed by atoms with Crippen molar-refractivity contribution in [3.63, 3.8) is 0 Å². The molecule has 7 rings (SSSR count). The molecule has 0 radical (unpaired) electrons. The first-order valence-electron chi connectivity index (χ1n) is 16.5. The Labute approximate surface area is 293 Å². The molecular formula is C36H37ClF2N8O3. The molecule has 0 spiro atoms. The highest BCUT2D eigenvalue weighted by Gasteiger charge is 2.24. The summed E-state index contributed by atoms with van der Waals surface area (Å²) in [6.07, 6.45) is 1.20. The van der Waals surface area contributed by atoms with Crippen molar-refractivity contribution in [1.29, 1.82) is 0 Å². The SMILES string of the molecule is COc1nc(-c2cccc(-c3cccc(Nc4nc(C(F)F)nc5cc(CN6CC[C@H](O)C6)cnc45)c3C)c2Cl)cnc1CN1CC[C@H](O)C1. The Morgan fingerprint density at radius 1 is 0.920 bits per heavy atom. The van der Waals surface area contributed by atoms with E-state index in [-0.39, 0.29) is 18.0 Å². The van der Waals surface area contributed by atoms with Crippen molar-refractivity contribution in [2.75, 3.05) is 38.6 Å². The molecule has 50 heavy (non-hydrogen) atoms. The number of methoxy groups -OCH3 is 1. The summed E-state index contributed by atoms with van der Waals surface area (Å²) in [6, 6.07) is 13.1. The topological polar surface area (TPSA) is 133 Å². The van der Waals surface area contributed by atoms with Gasteiger partial charge in [-0.2, -0.15) is 0 Å². The molecule has 0 amide bonds. The van der Waals surface area contributed by atoms with Crippen LogP contribution in [0.1, 0.15) is 41.9 Å². The average Bonchev–Trinajstić information content (AvgIpc) is 3.72. The van der Waals surface area contributed by atoms with Gasteiger partial charge in [-0.3, -0.25) is 19.8 Å². The molecule has 5 aromatic rings. The number of nitrogens with one attached hydrogen (secondary N) is 1. The van der Waals surface area contributed by atoms with Crippen molar-refractivity contribution < 1.29 is 23.7 Å². The number of hydrogen-bond acceptors (Lipinski definition) is 11. The van der Waals surface area contributed by atoms with Crippen LogP contribution in [0.25, 0.3) is 33.4 Å². The van der Waals surface area contributed by atoms with Crippen molar-refractivity contribution in [2.24, 2.45) is 0 Å². The number of hydrogen-bond donors (Lipinski definition) is 3. The molecule has 2 aliphatic rings. The van der Waals surface area contributed by atoms with Gasteiger partial charge in [-0.15, -0.1) is 0 Å². The Balaban J connectivity index is 1.19. The lowest BCUT2D eigenvalue weighted by molar-refractivity contribution is 0.141. The van der Waals surface area contributed by atoms with E-state index in [0.29, 0.717) is 77.2 Å².